The Labute approximate surface area is 154 Å². The Kier molecular flexibility index (Phi) is 5.54. The Bertz CT molecular complexity index is 684. The van der Waals surface area contributed by atoms with Gasteiger partial charge in [-0.05, 0) is 78.0 Å². The van der Waals surface area contributed by atoms with Crippen LogP contribution >= 0.6 is 0 Å². The van der Waals surface area contributed by atoms with Crippen molar-refractivity contribution in [3.8, 4) is 11.5 Å². The average molecular weight is 363 g/mol. The summed E-state index contributed by atoms with van der Waals surface area (Å²) in [5, 5.41) is 12.9. The maximum Gasteiger partial charge on any atom is 0.407 e. The zero-order chi connectivity index (χ0) is 19.7. The third-order valence-corrected chi connectivity index (χ3v) is 4.05. The molecule has 0 bridgehead atoms. The molecule has 0 heterocycles. The van der Waals surface area contributed by atoms with E-state index in [9.17, 15) is 14.7 Å². The Morgan fingerprint density at radius 3 is 2.42 bits per heavy atom. The molecule has 2 atom stereocenters. The summed E-state index contributed by atoms with van der Waals surface area (Å²) in [6, 6.07) is 4.83. The molecule has 0 spiro atoms. The Balaban J connectivity index is 1.95. The number of phenolic OH excluding ortho intramolecular Hbond substituents is 1. The van der Waals surface area contributed by atoms with Crippen molar-refractivity contribution in [2.24, 2.45) is 11.3 Å². The van der Waals surface area contributed by atoms with E-state index < -0.39 is 17.1 Å². The molecule has 0 aromatic heterocycles. The quantitative estimate of drug-likeness (QED) is 0.624. The molecule has 1 aliphatic carbocycles. The summed E-state index contributed by atoms with van der Waals surface area (Å²) in [6.45, 7) is 11.3. The molecule has 0 unspecified atom stereocenters. The number of ether oxygens (including phenoxy) is 2. The maximum absolute atomic E-state index is 12.0. The van der Waals surface area contributed by atoms with Crippen molar-refractivity contribution < 1.29 is 24.2 Å². The highest BCUT2D eigenvalue weighted by atomic mass is 16.6. The van der Waals surface area contributed by atoms with Crippen molar-refractivity contribution >= 4 is 12.1 Å². The lowest BCUT2D eigenvalue weighted by Gasteiger charge is -2.19. The number of hydrogen-bond acceptors (Lipinski definition) is 5. The van der Waals surface area contributed by atoms with Gasteiger partial charge in [0.25, 0.3) is 0 Å². The first-order valence-corrected chi connectivity index (χ1v) is 8.89. The predicted octanol–water partition coefficient (Wildman–Crippen LogP) is 3.97. The van der Waals surface area contributed by atoms with Gasteiger partial charge in [0.15, 0.2) is 0 Å². The third kappa shape index (κ3) is 5.64. The Morgan fingerprint density at radius 1 is 1.19 bits per heavy atom. The SMILES string of the molecule is CC(C)(C)OC(=O)NC[C@@H]1C[C@H]1c1cc(OC(=O)C(C)(C)C)ccc1O. The number of alkyl carbamates (subject to hydrolysis) is 1. The molecule has 0 aliphatic heterocycles. The Hall–Kier alpha value is -2.24. The number of aromatic hydroxyl groups is 1. The molecule has 6 nitrogen and oxygen atoms in total. The zero-order valence-corrected chi connectivity index (χ0v) is 16.4. The molecule has 0 saturated heterocycles. The minimum absolute atomic E-state index is 0.123. The van der Waals surface area contributed by atoms with Crippen molar-refractivity contribution in [3.05, 3.63) is 23.8 Å². The third-order valence-electron chi connectivity index (χ3n) is 4.05. The minimum Gasteiger partial charge on any atom is -0.508 e. The van der Waals surface area contributed by atoms with Gasteiger partial charge in [-0.25, -0.2) is 4.79 Å². The first-order chi connectivity index (χ1) is 11.9. The van der Waals surface area contributed by atoms with E-state index in [1.807, 2.05) is 20.8 Å². The lowest BCUT2D eigenvalue weighted by atomic mass is 9.97. The molecule has 1 aliphatic rings. The van der Waals surface area contributed by atoms with E-state index in [0.717, 1.165) is 12.0 Å². The van der Waals surface area contributed by atoms with Gasteiger partial charge in [0.1, 0.15) is 17.1 Å². The standard InChI is InChI=1S/C20H29NO5/c1-19(2,3)17(23)25-13-7-8-16(22)15(10-13)14-9-12(14)11-21-18(24)26-20(4,5)6/h7-8,10,12,14,22H,9,11H2,1-6H3,(H,21,24)/t12-,14+/m0/s1. The van der Waals surface area contributed by atoms with Gasteiger partial charge in [-0.2, -0.15) is 0 Å². The number of rotatable bonds is 4. The van der Waals surface area contributed by atoms with Gasteiger partial charge in [0, 0.05) is 12.1 Å². The minimum atomic E-state index is -0.600. The summed E-state index contributed by atoms with van der Waals surface area (Å²) in [6.07, 6.45) is 0.403. The summed E-state index contributed by atoms with van der Waals surface area (Å²) in [7, 11) is 0. The zero-order valence-electron chi connectivity index (χ0n) is 16.4. The molecule has 6 heteroatoms. The van der Waals surface area contributed by atoms with E-state index >= 15 is 0 Å². The van der Waals surface area contributed by atoms with Crippen LogP contribution in [0.3, 0.4) is 0 Å². The molecule has 2 rings (SSSR count). The van der Waals surface area contributed by atoms with Crippen LogP contribution in [-0.2, 0) is 9.53 Å². The number of carbonyl (C=O) groups is 2. The van der Waals surface area contributed by atoms with Crippen LogP contribution in [0.15, 0.2) is 18.2 Å². The number of nitrogens with one attached hydrogen (secondary N) is 1. The summed E-state index contributed by atoms with van der Waals surface area (Å²) in [5.41, 5.74) is -0.395. The first kappa shape index (κ1) is 20.1. The molecule has 144 valence electrons. The second-order valence-electron chi connectivity index (χ2n) is 8.85. The van der Waals surface area contributed by atoms with Gasteiger partial charge in [-0.1, -0.05) is 0 Å². The van der Waals surface area contributed by atoms with Crippen LogP contribution in [-0.4, -0.2) is 29.3 Å². The van der Waals surface area contributed by atoms with Gasteiger partial charge in [-0.15, -0.1) is 0 Å². The van der Waals surface area contributed by atoms with E-state index in [1.54, 1.807) is 32.9 Å². The molecular formula is C20H29NO5. The van der Waals surface area contributed by atoms with E-state index in [2.05, 4.69) is 5.32 Å². The van der Waals surface area contributed by atoms with Gasteiger partial charge >= 0.3 is 12.1 Å². The molecule has 1 fully saturated rings. The van der Waals surface area contributed by atoms with Crippen LogP contribution < -0.4 is 10.1 Å². The fraction of sp³-hybridized carbons (Fsp3) is 0.600. The van der Waals surface area contributed by atoms with Gasteiger partial charge in [0.05, 0.1) is 5.41 Å². The molecular weight excluding hydrogens is 334 g/mol. The summed E-state index contributed by atoms with van der Waals surface area (Å²) < 4.78 is 10.6. The number of amides is 1. The fourth-order valence-corrected chi connectivity index (χ4v) is 2.54. The van der Waals surface area contributed by atoms with Crippen molar-refractivity contribution in [2.75, 3.05) is 6.54 Å². The molecule has 1 saturated carbocycles. The molecule has 1 aromatic carbocycles. The van der Waals surface area contributed by atoms with Crippen molar-refractivity contribution in [1.29, 1.82) is 0 Å². The maximum atomic E-state index is 12.0. The van der Waals surface area contributed by atoms with E-state index in [-0.39, 0.29) is 23.6 Å². The molecule has 2 N–H and O–H groups in total. The summed E-state index contributed by atoms with van der Waals surface area (Å²) >= 11 is 0. The highest BCUT2D eigenvalue weighted by molar-refractivity contribution is 5.78. The van der Waals surface area contributed by atoms with Crippen molar-refractivity contribution in [1.82, 2.24) is 5.32 Å². The second-order valence-corrected chi connectivity index (χ2v) is 8.85. The number of esters is 1. The second kappa shape index (κ2) is 7.17. The number of hydrogen-bond donors (Lipinski definition) is 2. The smallest absolute Gasteiger partial charge is 0.407 e. The van der Waals surface area contributed by atoms with Crippen LogP contribution in [0.25, 0.3) is 0 Å². The number of phenols is 1. The topological polar surface area (TPSA) is 84.9 Å². The highest BCUT2D eigenvalue weighted by Gasteiger charge is 2.40. The van der Waals surface area contributed by atoms with Crippen LogP contribution in [0.4, 0.5) is 4.79 Å². The monoisotopic (exact) mass is 363 g/mol. The number of carbonyl (C=O) groups excluding carboxylic acids is 2. The summed E-state index contributed by atoms with van der Waals surface area (Å²) in [5.74, 6) is 0.613. The van der Waals surface area contributed by atoms with Crippen LogP contribution in [0.5, 0.6) is 11.5 Å². The normalized spacial score (nSPS) is 19.6. The first-order valence-electron chi connectivity index (χ1n) is 8.89. The van der Waals surface area contributed by atoms with Crippen LogP contribution in [0.1, 0.15) is 59.4 Å². The van der Waals surface area contributed by atoms with E-state index in [4.69, 9.17) is 9.47 Å². The van der Waals surface area contributed by atoms with Crippen molar-refractivity contribution in [2.45, 2.75) is 59.5 Å². The Morgan fingerprint density at radius 2 is 1.85 bits per heavy atom. The largest absolute Gasteiger partial charge is 0.508 e. The molecule has 1 amide bonds. The molecule has 26 heavy (non-hydrogen) atoms. The van der Waals surface area contributed by atoms with E-state index in [0.29, 0.717) is 12.3 Å². The van der Waals surface area contributed by atoms with Gasteiger partial charge < -0.3 is 19.9 Å². The van der Waals surface area contributed by atoms with Crippen LogP contribution in [0.2, 0.25) is 0 Å². The summed E-state index contributed by atoms with van der Waals surface area (Å²) in [4.78, 5) is 23.8. The average Bonchev–Trinajstić information content (AvgIpc) is 3.23. The van der Waals surface area contributed by atoms with Gasteiger partial charge in [0.2, 0.25) is 0 Å². The van der Waals surface area contributed by atoms with Gasteiger partial charge in [-0.3, -0.25) is 4.79 Å². The fourth-order valence-electron chi connectivity index (χ4n) is 2.54. The number of benzene rings is 1. The highest BCUT2D eigenvalue weighted by Crippen LogP contribution is 2.50. The van der Waals surface area contributed by atoms with Crippen molar-refractivity contribution in [3.63, 3.8) is 0 Å². The lowest BCUT2D eigenvalue weighted by Crippen LogP contribution is -2.33. The predicted molar refractivity (Wildman–Crippen MR) is 98.3 cm³/mol. The molecule has 1 aromatic rings. The van der Waals surface area contributed by atoms with Crippen LogP contribution in [0, 0.1) is 11.3 Å². The van der Waals surface area contributed by atoms with E-state index in [1.165, 1.54) is 6.07 Å². The lowest BCUT2D eigenvalue weighted by molar-refractivity contribution is -0.143. The molecule has 0 radical (unpaired) electrons.